The summed E-state index contributed by atoms with van der Waals surface area (Å²) in [6.07, 6.45) is 2.14. The summed E-state index contributed by atoms with van der Waals surface area (Å²) in [6.45, 7) is 5.21. The van der Waals surface area contributed by atoms with Crippen molar-refractivity contribution in [3.8, 4) is 0 Å². The zero-order valence-electron chi connectivity index (χ0n) is 15.9. The fourth-order valence-electron chi connectivity index (χ4n) is 3.59. The molecule has 0 aliphatic carbocycles. The first-order valence-corrected chi connectivity index (χ1v) is 13.7. The van der Waals surface area contributed by atoms with Crippen LogP contribution >= 0.6 is 5.51 Å². The zero-order valence-corrected chi connectivity index (χ0v) is 18.5. The van der Waals surface area contributed by atoms with Gasteiger partial charge in [0.2, 0.25) is 0 Å². The van der Waals surface area contributed by atoms with Gasteiger partial charge in [-0.1, -0.05) is 0 Å². The van der Waals surface area contributed by atoms with Gasteiger partial charge in [-0.3, -0.25) is 0 Å². The molecule has 0 N–H and O–H groups in total. The molecule has 138 valence electrons. The molecule has 0 atom stereocenters. The number of nitrogens with zero attached hydrogens (tertiary/aromatic N) is 2. The minimum absolute atomic E-state index is 0.919. The van der Waals surface area contributed by atoms with Crippen molar-refractivity contribution >= 4 is 37.3 Å². The molecule has 4 heteroatoms. The van der Waals surface area contributed by atoms with E-state index in [9.17, 15) is 0 Å². The van der Waals surface area contributed by atoms with E-state index in [4.69, 9.17) is 0 Å². The van der Waals surface area contributed by atoms with Crippen LogP contribution in [-0.4, -0.2) is 34.3 Å². The summed E-state index contributed by atoms with van der Waals surface area (Å²) in [5, 5.41) is 1.46. The summed E-state index contributed by atoms with van der Waals surface area (Å²) in [4.78, 5) is 5.06. The van der Waals surface area contributed by atoms with Gasteiger partial charge in [-0.05, 0) is 0 Å². The van der Waals surface area contributed by atoms with Crippen LogP contribution in [-0.2, 0) is 0 Å². The van der Waals surface area contributed by atoms with E-state index < -0.39 is 5.51 Å². The molecule has 0 radical (unpaired) electrons. The average molecular weight is 439 g/mol. The maximum absolute atomic E-state index is 3.66. The van der Waals surface area contributed by atoms with Gasteiger partial charge in [0.15, 0.2) is 0 Å². The van der Waals surface area contributed by atoms with Gasteiger partial charge in [0.1, 0.15) is 0 Å². The minimum atomic E-state index is -1.46. The van der Waals surface area contributed by atoms with E-state index in [0.717, 1.165) is 19.2 Å². The average Bonchev–Trinajstić information content (AvgIpc) is 2.69. The van der Waals surface area contributed by atoms with Crippen LogP contribution in [0.1, 0.15) is 11.1 Å². The number of anilines is 2. The summed E-state index contributed by atoms with van der Waals surface area (Å²) in [6, 6.07) is 28.9. The van der Waals surface area contributed by atoms with E-state index in [-0.39, 0.29) is 0 Å². The third-order valence-corrected chi connectivity index (χ3v) is 10.8. The summed E-state index contributed by atoms with van der Waals surface area (Å²) < 4.78 is 0. The van der Waals surface area contributed by atoms with Crippen LogP contribution < -0.4 is 15.1 Å². The summed E-state index contributed by atoms with van der Waals surface area (Å²) in [5.41, 5.74) is 3.75. The number of benzene rings is 3. The Morgan fingerprint density at radius 1 is 0.667 bits per heavy atom. The van der Waals surface area contributed by atoms with Crippen molar-refractivity contribution in [2.24, 2.45) is 0 Å². The van der Waals surface area contributed by atoms with Gasteiger partial charge in [0.05, 0.1) is 0 Å². The molecule has 1 saturated heterocycles. The maximum atomic E-state index is 3.66. The molecule has 1 heterocycles. The molecule has 1 aliphatic heterocycles. The van der Waals surface area contributed by atoms with Crippen molar-refractivity contribution < 1.29 is 0 Å². The molecular weight excluding hydrogens is 414 g/mol. The second-order valence-electron chi connectivity index (χ2n) is 7.40. The zero-order chi connectivity index (χ0) is 18.9. The molecule has 1 fully saturated rings. The van der Waals surface area contributed by atoms with E-state index in [1.807, 2.05) is 0 Å². The van der Waals surface area contributed by atoms with Gasteiger partial charge in [0.25, 0.3) is 0 Å². The molecule has 27 heavy (non-hydrogen) atoms. The van der Waals surface area contributed by atoms with Gasteiger partial charge in [-0.15, -0.1) is 0 Å². The van der Waals surface area contributed by atoms with E-state index >= 15 is 0 Å². The van der Waals surface area contributed by atoms with Crippen LogP contribution in [0.25, 0.3) is 0 Å². The van der Waals surface area contributed by atoms with Gasteiger partial charge in [0, 0.05) is 0 Å². The first-order chi connectivity index (χ1) is 13.0. The molecule has 0 spiro atoms. The fraction of sp³-hybridized carbons (Fsp3) is 0.217. The summed E-state index contributed by atoms with van der Waals surface area (Å²) in [7, 11) is 0. The Morgan fingerprint density at radius 2 is 1.11 bits per heavy atom. The van der Waals surface area contributed by atoms with Gasteiger partial charge < -0.3 is 0 Å². The van der Waals surface area contributed by atoms with Crippen LogP contribution in [0.5, 0.6) is 0 Å². The SMILES string of the molecule is Cc1ccc(N2CN(c3ccc(C)cc3)CP(=[Se])(c3ccccc3)C2)cc1. The number of hydrogen-bond acceptors (Lipinski definition) is 2. The van der Waals surface area contributed by atoms with Gasteiger partial charge >= 0.3 is 170 Å². The molecule has 0 saturated carbocycles. The van der Waals surface area contributed by atoms with E-state index in [1.54, 1.807) is 0 Å². The van der Waals surface area contributed by atoms with E-state index in [2.05, 4.69) is 118 Å². The number of aryl methyl sites for hydroxylation is 2. The van der Waals surface area contributed by atoms with Crippen LogP contribution in [0.4, 0.5) is 11.4 Å². The molecular formula is C23H25N2PSe. The van der Waals surface area contributed by atoms with Gasteiger partial charge in [-0.25, -0.2) is 0 Å². The van der Waals surface area contributed by atoms with Crippen molar-refractivity contribution in [3.63, 3.8) is 0 Å². The number of hydrogen-bond donors (Lipinski definition) is 0. The molecule has 0 amide bonds. The number of rotatable bonds is 3. The fourth-order valence-corrected chi connectivity index (χ4v) is 8.85. The Hall–Kier alpha value is -1.79. The normalized spacial score (nSPS) is 16.4. The first-order valence-electron chi connectivity index (χ1n) is 9.30. The van der Waals surface area contributed by atoms with Crippen molar-refractivity contribution in [1.82, 2.24) is 0 Å². The molecule has 0 bridgehead atoms. The van der Waals surface area contributed by atoms with E-state index in [1.165, 1.54) is 27.8 Å². The molecule has 4 rings (SSSR count). The third-order valence-electron chi connectivity index (χ3n) is 5.16. The second kappa shape index (κ2) is 7.68. The van der Waals surface area contributed by atoms with Crippen LogP contribution in [0, 0.1) is 13.8 Å². The Balaban J connectivity index is 1.73. The quantitative estimate of drug-likeness (QED) is 0.422. The molecule has 0 aromatic heterocycles. The molecule has 2 nitrogen and oxygen atoms in total. The molecule has 0 unspecified atom stereocenters. The predicted octanol–water partition coefficient (Wildman–Crippen LogP) is 4.93. The molecule has 3 aromatic carbocycles. The predicted molar refractivity (Wildman–Crippen MR) is 121 cm³/mol. The second-order valence-corrected chi connectivity index (χ2v) is 14.7. The molecule has 3 aromatic rings. The van der Waals surface area contributed by atoms with Crippen molar-refractivity contribution in [2.45, 2.75) is 13.8 Å². The van der Waals surface area contributed by atoms with Crippen molar-refractivity contribution in [1.29, 1.82) is 0 Å². The molecule has 1 aliphatic rings. The topological polar surface area (TPSA) is 6.48 Å². The van der Waals surface area contributed by atoms with Crippen LogP contribution in [0.15, 0.2) is 78.9 Å². The summed E-state index contributed by atoms with van der Waals surface area (Å²) >= 11 is 3.66. The van der Waals surface area contributed by atoms with Crippen LogP contribution in [0.2, 0.25) is 0 Å². The Bertz CT molecular complexity index is 894. The van der Waals surface area contributed by atoms with Crippen molar-refractivity contribution in [2.75, 3.05) is 29.0 Å². The standard InChI is InChI=1S/C23H25N2PSe/c1-19-8-12-21(13-9-19)24-16-25(22-14-10-20(2)11-15-22)18-26(27,17-24)23-6-4-3-5-7-23/h3-15H,16-18H2,1-2H3. The Kier molecular flexibility index (Phi) is 5.28. The third kappa shape index (κ3) is 4.06. The van der Waals surface area contributed by atoms with Gasteiger partial charge in [-0.2, -0.15) is 0 Å². The van der Waals surface area contributed by atoms with Crippen molar-refractivity contribution in [3.05, 3.63) is 90.0 Å². The summed E-state index contributed by atoms with van der Waals surface area (Å²) in [5.74, 6) is 0. The first kappa shape index (κ1) is 18.6. The van der Waals surface area contributed by atoms with Crippen LogP contribution in [0.3, 0.4) is 0 Å². The van der Waals surface area contributed by atoms with E-state index in [0.29, 0.717) is 0 Å². The Labute approximate surface area is 170 Å². The monoisotopic (exact) mass is 440 g/mol. The Morgan fingerprint density at radius 3 is 1.56 bits per heavy atom.